The van der Waals surface area contributed by atoms with E-state index < -0.39 is 5.97 Å². The van der Waals surface area contributed by atoms with E-state index in [1.54, 1.807) is 5.38 Å². The SMILES string of the molecule is Cc1cccc(OCCNCc2ccsc2C(=O)O)c1. The van der Waals surface area contributed by atoms with Crippen molar-refractivity contribution >= 4 is 17.3 Å². The molecule has 2 aromatic rings. The van der Waals surface area contributed by atoms with Gasteiger partial charge in [-0.15, -0.1) is 11.3 Å². The maximum absolute atomic E-state index is 10.9. The number of ether oxygens (including phenoxy) is 1. The summed E-state index contributed by atoms with van der Waals surface area (Å²) in [5.41, 5.74) is 1.98. The predicted molar refractivity (Wildman–Crippen MR) is 79.7 cm³/mol. The van der Waals surface area contributed by atoms with Crippen LogP contribution in [0.1, 0.15) is 20.8 Å². The normalized spacial score (nSPS) is 10.4. The van der Waals surface area contributed by atoms with Crippen LogP contribution < -0.4 is 10.1 Å². The fourth-order valence-electron chi connectivity index (χ4n) is 1.83. The summed E-state index contributed by atoms with van der Waals surface area (Å²) in [7, 11) is 0. The molecule has 1 aromatic carbocycles. The van der Waals surface area contributed by atoms with Crippen LogP contribution in [0.3, 0.4) is 0 Å². The summed E-state index contributed by atoms with van der Waals surface area (Å²) in [4.78, 5) is 11.3. The van der Waals surface area contributed by atoms with E-state index in [1.165, 1.54) is 16.9 Å². The van der Waals surface area contributed by atoms with E-state index in [1.807, 2.05) is 37.3 Å². The highest BCUT2D eigenvalue weighted by atomic mass is 32.1. The molecule has 106 valence electrons. The Morgan fingerprint density at radius 1 is 1.40 bits per heavy atom. The zero-order valence-electron chi connectivity index (χ0n) is 11.3. The van der Waals surface area contributed by atoms with Gasteiger partial charge >= 0.3 is 5.97 Å². The maximum Gasteiger partial charge on any atom is 0.346 e. The highest BCUT2D eigenvalue weighted by Gasteiger charge is 2.10. The van der Waals surface area contributed by atoms with Gasteiger partial charge in [-0.3, -0.25) is 0 Å². The number of carboxylic acids is 1. The summed E-state index contributed by atoms with van der Waals surface area (Å²) < 4.78 is 5.61. The molecule has 0 spiro atoms. The lowest BCUT2D eigenvalue weighted by Crippen LogP contribution is -2.21. The Labute approximate surface area is 122 Å². The van der Waals surface area contributed by atoms with Gasteiger partial charge in [0, 0.05) is 13.1 Å². The van der Waals surface area contributed by atoms with Crippen molar-refractivity contribution in [3.05, 3.63) is 51.7 Å². The third-order valence-electron chi connectivity index (χ3n) is 2.79. The first kappa shape index (κ1) is 14.6. The Hall–Kier alpha value is -1.85. The Bertz CT molecular complexity index is 580. The fourth-order valence-corrected chi connectivity index (χ4v) is 2.59. The molecule has 4 nitrogen and oxygen atoms in total. The first-order chi connectivity index (χ1) is 9.66. The molecule has 1 aromatic heterocycles. The summed E-state index contributed by atoms with van der Waals surface area (Å²) in [6.07, 6.45) is 0. The van der Waals surface area contributed by atoms with Gasteiger partial charge in [-0.2, -0.15) is 0 Å². The van der Waals surface area contributed by atoms with Gasteiger partial charge < -0.3 is 15.2 Å². The summed E-state index contributed by atoms with van der Waals surface area (Å²) in [5.74, 6) is -0.0126. The van der Waals surface area contributed by atoms with Crippen LogP contribution in [-0.4, -0.2) is 24.2 Å². The Morgan fingerprint density at radius 3 is 3.00 bits per heavy atom. The van der Waals surface area contributed by atoms with Crippen LogP contribution in [0.15, 0.2) is 35.7 Å². The van der Waals surface area contributed by atoms with Crippen LogP contribution >= 0.6 is 11.3 Å². The summed E-state index contributed by atoms with van der Waals surface area (Å²) >= 11 is 1.25. The van der Waals surface area contributed by atoms with Crippen molar-refractivity contribution in [1.29, 1.82) is 0 Å². The number of aromatic carboxylic acids is 1. The number of thiophene rings is 1. The number of carbonyl (C=O) groups is 1. The third-order valence-corrected chi connectivity index (χ3v) is 3.74. The van der Waals surface area contributed by atoms with Crippen LogP contribution in [0.25, 0.3) is 0 Å². The van der Waals surface area contributed by atoms with E-state index in [-0.39, 0.29) is 0 Å². The molecule has 0 aliphatic rings. The lowest BCUT2D eigenvalue weighted by atomic mass is 10.2. The number of nitrogens with one attached hydrogen (secondary N) is 1. The molecule has 2 N–H and O–H groups in total. The van der Waals surface area contributed by atoms with Crippen molar-refractivity contribution in [1.82, 2.24) is 5.32 Å². The van der Waals surface area contributed by atoms with Crippen molar-refractivity contribution in [2.75, 3.05) is 13.2 Å². The zero-order valence-corrected chi connectivity index (χ0v) is 12.1. The topological polar surface area (TPSA) is 58.6 Å². The Balaban J connectivity index is 1.72. The summed E-state index contributed by atoms with van der Waals surface area (Å²) in [6, 6.07) is 9.73. The molecule has 5 heteroatoms. The molecule has 0 saturated carbocycles. The second kappa shape index (κ2) is 7.07. The van der Waals surface area contributed by atoms with E-state index >= 15 is 0 Å². The number of aryl methyl sites for hydroxylation is 1. The average molecular weight is 291 g/mol. The summed E-state index contributed by atoms with van der Waals surface area (Å²) in [6.45, 7) is 3.79. The first-order valence-corrected chi connectivity index (χ1v) is 7.24. The second-order valence-corrected chi connectivity index (χ2v) is 5.34. The fraction of sp³-hybridized carbons (Fsp3) is 0.267. The van der Waals surface area contributed by atoms with Gasteiger partial charge in [0.2, 0.25) is 0 Å². The quantitative estimate of drug-likeness (QED) is 0.770. The monoisotopic (exact) mass is 291 g/mol. The molecular weight excluding hydrogens is 274 g/mol. The molecule has 0 atom stereocenters. The van der Waals surface area contributed by atoms with E-state index in [2.05, 4.69) is 5.32 Å². The van der Waals surface area contributed by atoms with Gasteiger partial charge in [0.1, 0.15) is 17.2 Å². The van der Waals surface area contributed by atoms with E-state index in [0.29, 0.717) is 24.6 Å². The molecule has 1 heterocycles. The van der Waals surface area contributed by atoms with Crippen molar-refractivity contribution < 1.29 is 14.6 Å². The van der Waals surface area contributed by atoms with Crippen molar-refractivity contribution in [3.8, 4) is 5.75 Å². The molecule has 0 amide bonds. The molecule has 0 bridgehead atoms. The van der Waals surface area contributed by atoms with Gasteiger partial charge in [0.15, 0.2) is 0 Å². The van der Waals surface area contributed by atoms with Crippen LogP contribution in [-0.2, 0) is 6.54 Å². The zero-order chi connectivity index (χ0) is 14.4. The van der Waals surface area contributed by atoms with Crippen LogP contribution in [0.4, 0.5) is 0 Å². The van der Waals surface area contributed by atoms with E-state index in [9.17, 15) is 4.79 Å². The van der Waals surface area contributed by atoms with Gasteiger partial charge in [0.25, 0.3) is 0 Å². The van der Waals surface area contributed by atoms with Crippen molar-refractivity contribution in [2.24, 2.45) is 0 Å². The Morgan fingerprint density at radius 2 is 2.25 bits per heavy atom. The minimum Gasteiger partial charge on any atom is -0.492 e. The molecule has 20 heavy (non-hydrogen) atoms. The number of hydrogen-bond donors (Lipinski definition) is 2. The molecule has 0 aliphatic heterocycles. The van der Waals surface area contributed by atoms with Gasteiger partial charge in [-0.1, -0.05) is 12.1 Å². The Kier molecular flexibility index (Phi) is 5.15. The molecule has 0 unspecified atom stereocenters. The number of benzene rings is 1. The minimum absolute atomic E-state index is 0.400. The van der Waals surface area contributed by atoms with Crippen molar-refractivity contribution in [3.63, 3.8) is 0 Å². The number of rotatable bonds is 7. The largest absolute Gasteiger partial charge is 0.492 e. The highest BCUT2D eigenvalue weighted by Crippen LogP contribution is 2.16. The number of hydrogen-bond acceptors (Lipinski definition) is 4. The second-order valence-electron chi connectivity index (χ2n) is 4.42. The van der Waals surface area contributed by atoms with E-state index in [4.69, 9.17) is 9.84 Å². The smallest absolute Gasteiger partial charge is 0.346 e. The van der Waals surface area contributed by atoms with Gasteiger partial charge in [0.05, 0.1) is 0 Å². The molecular formula is C15H17NO3S. The molecule has 0 radical (unpaired) electrons. The van der Waals surface area contributed by atoms with Crippen LogP contribution in [0.5, 0.6) is 5.75 Å². The van der Waals surface area contributed by atoms with Crippen LogP contribution in [0, 0.1) is 6.92 Å². The maximum atomic E-state index is 10.9. The number of carboxylic acid groups (broad SMARTS) is 1. The molecule has 0 aliphatic carbocycles. The molecule has 2 rings (SSSR count). The first-order valence-electron chi connectivity index (χ1n) is 6.36. The summed E-state index contributed by atoms with van der Waals surface area (Å²) in [5, 5.41) is 14.0. The molecule has 0 saturated heterocycles. The molecule has 0 fully saturated rings. The standard InChI is InChI=1S/C15H17NO3S/c1-11-3-2-4-13(9-11)19-7-6-16-10-12-5-8-20-14(12)15(17)18/h2-5,8-9,16H,6-7,10H2,1H3,(H,17,18). The lowest BCUT2D eigenvalue weighted by Gasteiger charge is -2.08. The minimum atomic E-state index is -0.868. The average Bonchev–Trinajstić information content (AvgIpc) is 2.87. The highest BCUT2D eigenvalue weighted by molar-refractivity contribution is 7.12. The van der Waals surface area contributed by atoms with Crippen molar-refractivity contribution in [2.45, 2.75) is 13.5 Å². The van der Waals surface area contributed by atoms with Crippen LogP contribution in [0.2, 0.25) is 0 Å². The third kappa shape index (κ3) is 4.08. The predicted octanol–water partition coefficient (Wildman–Crippen LogP) is 2.92. The van der Waals surface area contributed by atoms with E-state index in [0.717, 1.165) is 11.3 Å². The van der Waals surface area contributed by atoms with Gasteiger partial charge in [-0.05, 0) is 41.6 Å². The lowest BCUT2D eigenvalue weighted by molar-refractivity contribution is 0.0701. The van der Waals surface area contributed by atoms with Gasteiger partial charge in [-0.25, -0.2) is 4.79 Å².